The molecular weight excluding hydrogens is 352 g/mol. The highest BCUT2D eigenvalue weighted by Gasteiger charge is 2.27. The van der Waals surface area contributed by atoms with E-state index in [0.717, 1.165) is 35.0 Å². The summed E-state index contributed by atoms with van der Waals surface area (Å²) in [6, 6.07) is 14.9. The van der Waals surface area contributed by atoms with Crippen molar-refractivity contribution in [2.24, 2.45) is 0 Å². The van der Waals surface area contributed by atoms with Crippen LogP contribution in [0.25, 0.3) is 10.9 Å². The fourth-order valence-corrected chi connectivity index (χ4v) is 3.78. The summed E-state index contributed by atoms with van der Waals surface area (Å²) in [6.45, 7) is 2.60. The van der Waals surface area contributed by atoms with Crippen molar-refractivity contribution in [2.75, 3.05) is 19.1 Å². The van der Waals surface area contributed by atoms with Gasteiger partial charge in [-0.3, -0.25) is 9.59 Å². The number of ether oxygens (including phenoxy) is 1. The fraction of sp³-hybridized carbons (Fsp3) is 0.304. The van der Waals surface area contributed by atoms with Gasteiger partial charge in [-0.15, -0.1) is 0 Å². The first kappa shape index (κ1) is 18.3. The zero-order valence-corrected chi connectivity index (χ0v) is 16.4. The van der Waals surface area contributed by atoms with Crippen LogP contribution in [-0.2, 0) is 6.54 Å². The summed E-state index contributed by atoms with van der Waals surface area (Å²) in [6.07, 6.45) is 2.23. The first-order valence-corrected chi connectivity index (χ1v) is 9.63. The second kappa shape index (κ2) is 7.15. The molecule has 1 saturated carbocycles. The molecule has 0 bridgehead atoms. The van der Waals surface area contributed by atoms with E-state index >= 15 is 0 Å². The number of pyridine rings is 1. The molecule has 4 rings (SSSR count). The van der Waals surface area contributed by atoms with E-state index in [1.54, 1.807) is 41.8 Å². The molecule has 0 atom stereocenters. The number of aryl methyl sites for hydroxylation is 1. The van der Waals surface area contributed by atoms with E-state index in [0.29, 0.717) is 23.8 Å². The number of carbonyl (C=O) groups excluding carboxylic acids is 1. The van der Waals surface area contributed by atoms with Gasteiger partial charge in [0.2, 0.25) is 0 Å². The third kappa shape index (κ3) is 3.07. The van der Waals surface area contributed by atoms with E-state index in [-0.39, 0.29) is 11.5 Å². The number of anilines is 1. The Morgan fingerprint density at radius 3 is 2.61 bits per heavy atom. The normalized spacial score (nSPS) is 13.5. The molecule has 1 amide bonds. The van der Waals surface area contributed by atoms with Crippen molar-refractivity contribution in [1.82, 2.24) is 4.57 Å². The molecule has 2 aromatic carbocycles. The lowest BCUT2D eigenvalue weighted by Gasteiger charge is -2.20. The van der Waals surface area contributed by atoms with Gasteiger partial charge in [0.1, 0.15) is 5.75 Å². The summed E-state index contributed by atoms with van der Waals surface area (Å²) < 4.78 is 7.12. The van der Waals surface area contributed by atoms with Crippen LogP contribution in [0, 0.1) is 0 Å². The molecular formula is C23H24N2O3. The number of carbonyl (C=O) groups is 1. The van der Waals surface area contributed by atoms with Crippen molar-refractivity contribution in [1.29, 1.82) is 0 Å². The Morgan fingerprint density at radius 1 is 1.18 bits per heavy atom. The SMILES string of the molecule is CCn1c(=O)cc(C2CC2)c2cc(N(C)C(=O)c3ccccc3OC)ccc21. The van der Waals surface area contributed by atoms with Gasteiger partial charge in [-0.1, -0.05) is 12.1 Å². The predicted octanol–water partition coefficient (Wildman–Crippen LogP) is 4.18. The molecule has 3 aromatic rings. The van der Waals surface area contributed by atoms with Crippen LogP contribution in [0.15, 0.2) is 53.3 Å². The van der Waals surface area contributed by atoms with E-state index in [2.05, 4.69) is 0 Å². The Bertz CT molecular complexity index is 1110. The molecule has 5 nitrogen and oxygen atoms in total. The van der Waals surface area contributed by atoms with Gasteiger partial charge in [0.25, 0.3) is 11.5 Å². The number of rotatable bonds is 5. The maximum Gasteiger partial charge on any atom is 0.261 e. The Balaban J connectivity index is 1.81. The molecule has 0 unspecified atom stereocenters. The minimum absolute atomic E-state index is 0.0445. The van der Waals surface area contributed by atoms with Crippen LogP contribution in [0.4, 0.5) is 5.69 Å². The number of nitrogens with zero attached hydrogens (tertiary/aromatic N) is 2. The number of benzene rings is 2. The average molecular weight is 376 g/mol. The molecule has 0 spiro atoms. The molecule has 0 aliphatic heterocycles. The highest BCUT2D eigenvalue weighted by Crippen LogP contribution is 2.43. The van der Waals surface area contributed by atoms with Gasteiger partial charge in [0, 0.05) is 30.7 Å². The molecule has 0 radical (unpaired) electrons. The van der Waals surface area contributed by atoms with Gasteiger partial charge in [-0.2, -0.15) is 0 Å². The van der Waals surface area contributed by atoms with Crippen LogP contribution in [-0.4, -0.2) is 24.6 Å². The Hall–Kier alpha value is -3.08. The van der Waals surface area contributed by atoms with Crippen LogP contribution >= 0.6 is 0 Å². The number of hydrogen-bond donors (Lipinski definition) is 0. The molecule has 1 aliphatic carbocycles. The first-order chi connectivity index (χ1) is 13.5. The monoisotopic (exact) mass is 376 g/mol. The summed E-state index contributed by atoms with van der Waals surface area (Å²) in [4.78, 5) is 27.2. The first-order valence-electron chi connectivity index (χ1n) is 9.63. The molecule has 144 valence electrons. The molecule has 1 aromatic heterocycles. The Morgan fingerprint density at radius 2 is 1.93 bits per heavy atom. The van der Waals surface area contributed by atoms with Crippen LogP contribution < -0.4 is 15.2 Å². The second-order valence-electron chi connectivity index (χ2n) is 7.22. The highest BCUT2D eigenvalue weighted by molar-refractivity contribution is 6.08. The van der Waals surface area contributed by atoms with E-state index in [9.17, 15) is 9.59 Å². The minimum Gasteiger partial charge on any atom is -0.496 e. The van der Waals surface area contributed by atoms with Crippen molar-refractivity contribution in [2.45, 2.75) is 32.2 Å². The van der Waals surface area contributed by atoms with Crippen molar-refractivity contribution in [3.8, 4) is 5.75 Å². The third-order valence-electron chi connectivity index (χ3n) is 5.49. The number of fused-ring (bicyclic) bond motifs is 1. The van der Waals surface area contributed by atoms with E-state index in [1.165, 1.54) is 0 Å². The standard InChI is InChI=1S/C23H24N2O3/c1-4-25-20-12-11-16(13-19(20)18(14-22(25)26)15-9-10-15)24(2)23(27)17-7-5-6-8-21(17)28-3/h5-8,11-15H,4,9-10H2,1-3H3. The maximum atomic E-state index is 13.1. The van der Waals surface area contributed by atoms with Crippen LogP contribution in [0.5, 0.6) is 5.75 Å². The van der Waals surface area contributed by atoms with E-state index < -0.39 is 0 Å². The van der Waals surface area contributed by atoms with Gasteiger partial charge < -0.3 is 14.2 Å². The molecule has 28 heavy (non-hydrogen) atoms. The lowest BCUT2D eigenvalue weighted by molar-refractivity contribution is 0.0990. The minimum atomic E-state index is -0.131. The summed E-state index contributed by atoms with van der Waals surface area (Å²) in [7, 11) is 3.33. The van der Waals surface area contributed by atoms with Crippen LogP contribution in [0.3, 0.4) is 0 Å². The van der Waals surface area contributed by atoms with Gasteiger partial charge in [-0.05, 0) is 61.6 Å². The number of amides is 1. The molecule has 0 saturated heterocycles. The van der Waals surface area contributed by atoms with Crippen molar-refractivity contribution in [3.05, 3.63) is 70.0 Å². The number of hydrogen-bond acceptors (Lipinski definition) is 3. The lowest BCUT2D eigenvalue weighted by Crippen LogP contribution is -2.27. The van der Waals surface area contributed by atoms with Gasteiger partial charge in [0.05, 0.1) is 18.2 Å². The maximum absolute atomic E-state index is 13.1. The summed E-state index contributed by atoms with van der Waals surface area (Å²) in [5.74, 6) is 0.874. The molecule has 1 fully saturated rings. The molecule has 1 heterocycles. The summed E-state index contributed by atoms with van der Waals surface area (Å²) in [5.41, 5.74) is 3.40. The molecule has 5 heteroatoms. The smallest absolute Gasteiger partial charge is 0.261 e. The Labute approximate surface area is 164 Å². The topological polar surface area (TPSA) is 51.5 Å². The second-order valence-corrected chi connectivity index (χ2v) is 7.22. The highest BCUT2D eigenvalue weighted by atomic mass is 16.5. The largest absolute Gasteiger partial charge is 0.496 e. The summed E-state index contributed by atoms with van der Waals surface area (Å²) in [5, 5.41) is 1.06. The zero-order valence-electron chi connectivity index (χ0n) is 16.4. The van der Waals surface area contributed by atoms with Crippen LogP contribution in [0.2, 0.25) is 0 Å². The Kier molecular flexibility index (Phi) is 4.67. The molecule has 1 aliphatic rings. The van der Waals surface area contributed by atoms with Gasteiger partial charge in [-0.25, -0.2) is 0 Å². The molecule has 0 N–H and O–H groups in total. The van der Waals surface area contributed by atoms with Crippen molar-refractivity contribution >= 4 is 22.5 Å². The van der Waals surface area contributed by atoms with Crippen molar-refractivity contribution in [3.63, 3.8) is 0 Å². The number of para-hydroxylation sites is 1. The van der Waals surface area contributed by atoms with Gasteiger partial charge in [0.15, 0.2) is 0 Å². The third-order valence-corrected chi connectivity index (χ3v) is 5.49. The van der Waals surface area contributed by atoms with Gasteiger partial charge >= 0.3 is 0 Å². The average Bonchev–Trinajstić information content (AvgIpc) is 3.57. The van der Waals surface area contributed by atoms with Crippen LogP contribution in [0.1, 0.15) is 41.6 Å². The number of methoxy groups -OCH3 is 1. The van der Waals surface area contributed by atoms with E-state index in [1.807, 2.05) is 37.3 Å². The zero-order chi connectivity index (χ0) is 19.8. The lowest BCUT2D eigenvalue weighted by atomic mass is 10.0. The fourth-order valence-electron chi connectivity index (χ4n) is 3.78. The van der Waals surface area contributed by atoms with E-state index in [4.69, 9.17) is 4.74 Å². The summed E-state index contributed by atoms with van der Waals surface area (Å²) >= 11 is 0. The number of aromatic nitrogens is 1. The predicted molar refractivity (Wildman–Crippen MR) is 112 cm³/mol. The van der Waals surface area contributed by atoms with Crippen molar-refractivity contribution < 1.29 is 9.53 Å². The quantitative estimate of drug-likeness (QED) is 0.671.